The molecule has 1 atom stereocenters. The number of amides is 1. The van der Waals surface area contributed by atoms with Crippen LogP contribution >= 0.6 is 11.8 Å². The predicted molar refractivity (Wildman–Crippen MR) is 88.1 cm³/mol. The molecule has 24 heavy (non-hydrogen) atoms. The fraction of sp³-hybridized carbons (Fsp3) is 0.267. The molecule has 0 aliphatic carbocycles. The van der Waals surface area contributed by atoms with Crippen LogP contribution in [0, 0.1) is 0 Å². The molecule has 3 aromatic rings. The van der Waals surface area contributed by atoms with E-state index in [0.29, 0.717) is 23.2 Å². The van der Waals surface area contributed by atoms with Crippen LogP contribution in [0.5, 0.6) is 0 Å². The van der Waals surface area contributed by atoms with Crippen molar-refractivity contribution in [3.8, 4) is 0 Å². The van der Waals surface area contributed by atoms with Gasteiger partial charge in [0.25, 0.3) is 11.5 Å². The third-order valence-corrected chi connectivity index (χ3v) is 4.85. The maximum atomic E-state index is 12.5. The Bertz CT molecular complexity index is 995. The van der Waals surface area contributed by atoms with Crippen molar-refractivity contribution in [2.24, 2.45) is 0 Å². The molecule has 0 fully saturated rings. The Morgan fingerprint density at radius 3 is 3.12 bits per heavy atom. The Morgan fingerprint density at radius 2 is 2.25 bits per heavy atom. The number of pyridine rings is 1. The molecule has 0 saturated carbocycles. The van der Waals surface area contributed by atoms with Gasteiger partial charge in [-0.1, -0.05) is 17.8 Å². The van der Waals surface area contributed by atoms with Crippen molar-refractivity contribution < 1.29 is 4.79 Å². The van der Waals surface area contributed by atoms with Crippen LogP contribution in [0.2, 0.25) is 0 Å². The molecule has 1 aliphatic rings. The molecule has 4 heterocycles. The largest absolute Gasteiger partial charge is 0.342 e. The van der Waals surface area contributed by atoms with Crippen LogP contribution in [-0.2, 0) is 6.54 Å². The maximum absolute atomic E-state index is 12.5. The number of nitrogens with zero attached hydrogens (tertiary/aromatic N) is 5. The van der Waals surface area contributed by atoms with E-state index in [1.54, 1.807) is 11.3 Å². The molecule has 0 unspecified atom stereocenters. The van der Waals surface area contributed by atoms with E-state index in [-0.39, 0.29) is 11.1 Å². The van der Waals surface area contributed by atoms with Crippen LogP contribution in [0.15, 0.2) is 40.5 Å². The second-order valence-electron chi connectivity index (χ2n) is 5.44. The van der Waals surface area contributed by atoms with Crippen molar-refractivity contribution in [3.05, 3.63) is 52.3 Å². The predicted octanol–water partition coefficient (Wildman–Crippen LogP) is 0.883. The van der Waals surface area contributed by atoms with Gasteiger partial charge in [0, 0.05) is 24.7 Å². The van der Waals surface area contributed by atoms with E-state index in [9.17, 15) is 9.59 Å². The van der Waals surface area contributed by atoms with Crippen molar-refractivity contribution in [1.29, 1.82) is 0 Å². The zero-order valence-electron chi connectivity index (χ0n) is 12.8. The summed E-state index contributed by atoms with van der Waals surface area (Å²) in [6.07, 6.45) is 3.17. The Labute approximate surface area is 140 Å². The van der Waals surface area contributed by atoms with Gasteiger partial charge in [-0.15, -0.1) is 10.2 Å². The average molecular weight is 342 g/mol. The minimum Gasteiger partial charge on any atom is -0.342 e. The lowest BCUT2D eigenvalue weighted by molar-refractivity contribution is 0.0935. The summed E-state index contributed by atoms with van der Waals surface area (Å²) in [6.45, 7) is 2.38. The van der Waals surface area contributed by atoms with Crippen molar-refractivity contribution in [1.82, 2.24) is 29.5 Å². The third-order valence-electron chi connectivity index (χ3n) is 3.88. The van der Waals surface area contributed by atoms with Gasteiger partial charge in [-0.05, 0) is 19.1 Å². The van der Waals surface area contributed by atoms with Gasteiger partial charge in [-0.25, -0.2) is 4.98 Å². The fourth-order valence-corrected chi connectivity index (χ4v) is 3.58. The summed E-state index contributed by atoms with van der Waals surface area (Å²) in [5.41, 5.74) is 0.438. The van der Waals surface area contributed by atoms with Crippen molar-refractivity contribution in [2.45, 2.75) is 24.7 Å². The van der Waals surface area contributed by atoms with Gasteiger partial charge in [-0.2, -0.15) is 0 Å². The molecule has 0 bridgehead atoms. The molecule has 0 aromatic carbocycles. The summed E-state index contributed by atoms with van der Waals surface area (Å²) in [5.74, 6) is 0.943. The maximum Gasteiger partial charge on any atom is 0.267 e. The minimum absolute atomic E-state index is 0.0434. The first-order chi connectivity index (χ1) is 11.6. The zero-order valence-corrected chi connectivity index (χ0v) is 13.7. The zero-order chi connectivity index (χ0) is 16.7. The molecule has 122 valence electrons. The second-order valence-corrected chi connectivity index (χ2v) is 6.50. The summed E-state index contributed by atoms with van der Waals surface area (Å²) in [4.78, 5) is 29.1. The lowest BCUT2D eigenvalue weighted by Gasteiger charge is -2.12. The van der Waals surface area contributed by atoms with E-state index in [1.165, 1.54) is 22.5 Å². The van der Waals surface area contributed by atoms with Crippen molar-refractivity contribution >= 4 is 23.3 Å². The molecule has 9 heteroatoms. The summed E-state index contributed by atoms with van der Waals surface area (Å²) in [6, 6.07) is 5.16. The number of nitrogens with one attached hydrogen (secondary N) is 1. The van der Waals surface area contributed by atoms with Crippen LogP contribution in [0.3, 0.4) is 0 Å². The Balaban J connectivity index is 1.61. The highest BCUT2D eigenvalue weighted by Gasteiger charge is 2.22. The summed E-state index contributed by atoms with van der Waals surface area (Å²) in [7, 11) is 0. The normalized spacial score (nSPS) is 14.5. The molecule has 0 radical (unpaired) electrons. The highest BCUT2D eigenvalue weighted by molar-refractivity contribution is 7.99. The average Bonchev–Trinajstić information content (AvgIpc) is 3.22. The molecular formula is C15H14N6O2S. The second kappa shape index (κ2) is 5.75. The first-order valence-electron chi connectivity index (χ1n) is 7.48. The van der Waals surface area contributed by atoms with Gasteiger partial charge < -0.3 is 5.32 Å². The number of aromatic nitrogens is 5. The van der Waals surface area contributed by atoms with Crippen LogP contribution in [-0.4, -0.2) is 35.8 Å². The smallest absolute Gasteiger partial charge is 0.267 e. The van der Waals surface area contributed by atoms with Gasteiger partial charge in [-0.3, -0.25) is 18.6 Å². The molecule has 1 N–H and O–H groups in total. The van der Waals surface area contributed by atoms with Crippen molar-refractivity contribution in [2.75, 3.05) is 5.75 Å². The molecule has 1 amide bonds. The molecule has 0 spiro atoms. The van der Waals surface area contributed by atoms with Gasteiger partial charge in [0.1, 0.15) is 5.56 Å². The number of carbonyl (C=O) groups is 1. The van der Waals surface area contributed by atoms with Crippen LogP contribution in [0.1, 0.15) is 29.1 Å². The van der Waals surface area contributed by atoms with Gasteiger partial charge in [0.15, 0.2) is 16.6 Å². The number of carbonyl (C=O) groups excluding carboxylic acids is 1. The quantitative estimate of drug-likeness (QED) is 0.710. The Hall–Kier alpha value is -2.68. The molecule has 0 saturated heterocycles. The monoisotopic (exact) mass is 342 g/mol. The van der Waals surface area contributed by atoms with Crippen molar-refractivity contribution in [3.63, 3.8) is 0 Å². The third kappa shape index (κ3) is 2.37. The molecule has 4 rings (SSSR count). The molecule has 1 aliphatic heterocycles. The van der Waals surface area contributed by atoms with Gasteiger partial charge in [0.2, 0.25) is 0 Å². The number of hydrogen-bond donors (Lipinski definition) is 1. The number of hydrogen-bond acceptors (Lipinski definition) is 6. The SMILES string of the molecule is C[C@H](NC(=O)c1cnc2n(c1=O)CCS2)c1nnc2ccccn12. The summed E-state index contributed by atoms with van der Waals surface area (Å²) >= 11 is 1.51. The van der Waals surface area contributed by atoms with E-state index in [1.807, 2.05) is 24.4 Å². The lowest BCUT2D eigenvalue weighted by Crippen LogP contribution is -2.35. The van der Waals surface area contributed by atoms with E-state index < -0.39 is 11.9 Å². The standard InChI is InChI=1S/C15H14N6O2S/c1-9(12-19-18-11-4-2-3-5-20(11)12)17-13(22)10-8-16-15-21(14(10)23)6-7-24-15/h2-5,8-9H,6-7H2,1H3,(H,17,22)/t9-/m0/s1. The highest BCUT2D eigenvalue weighted by atomic mass is 32.2. The first kappa shape index (κ1) is 14.9. The van der Waals surface area contributed by atoms with Gasteiger partial charge in [0.05, 0.1) is 6.04 Å². The molecule has 3 aromatic heterocycles. The Kier molecular flexibility index (Phi) is 3.57. The lowest BCUT2D eigenvalue weighted by atomic mass is 10.2. The van der Waals surface area contributed by atoms with Crippen LogP contribution < -0.4 is 10.9 Å². The number of rotatable bonds is 3. The van der Waals surface area contributed by atoms with Crippen LogP contribution in [0.4, 0.5) is 0 Å². The van der Waals surface area contributed by atoms with E-state index >= 15 is 0 Å². The van der Waals surface area contributed by atoms with Crippen LogP contribution in [0.25, 0.3) is 5.65 Å². The first-order valence-corrected chi connectivity index (χ1v) is 8.47. The number of fused-ring (bicyclic) bond motifs is 2. The minimum atomic E-state index is -0.458. The highest BCUT2D eigenvalue weighted by Crippen LogP contribution is 2.20. The van der Waals surface area contributed by atoms with Gasteiger partial charge >= 0.3 is 0 Å². The fourth-order valence-electron chi connectivity index (χ4n) is 2.67. The van der Waals surface area contributed by atoms with E-state index in [4.69, 9.17) is 0 Å². The molecular weight excluding hydrogens is 328 g/mol. The van der Waals surface area contributed by atoms with E-state index in [0.717, 1.165) is 5.75 Å². The van der Waals surface area contributed by atoms with E-state index in [2.05, 4.69) is 20.5 Å². The summed E-state index contributed by atoms with van der Waals surface area (Å²) in [5, 5.41) is 11.6. The molecule has 8 nitrogen and oxygen atoms in total. The Morgan fingerprint density at radius 1 is 1.38 bits per heavy atom. The topological polar surface area (TPSA) is 94.2 Å². The summed E-state index contributed by atoms with van der Waals surface area (Å²) < 4.78 is 3.34. The number of thioether (sulfide) groups is 1.